The Labute approximate surface area is 102 Å². The summed E-state index contributed by atoms with van der Waals surface area (Å²) in [7, 11) is 0. The van der Waals surface area contributed by atoms with Crippen LogP contribution in [0.5, 0.6) is 0 Å². The van der Waals surface area contributed by atoms with Gasteiger partial charge in [0.05, 0.1) is 12.6 Å². The summed E-state index contributed by atoms with van der Waals surface area (Å²) < 4.78 is 39.4. The van der Waals surface area contributed by atoms with Crippen LogP contribution in [0.25, 0.3) is 0 Å². The summed E-state index contributed by atoms with van der Waals surface area (Å²) in [5, 5.41) is 0. The Morgan fingerprint density at radius 2 is 1.78 bits per heavy atom. The molecule has 6 heteroatoms. The largest absolute Gasteiger partial charge is 0.370 e. The smallest absolute Gasteiger partial charge is 0.194 e. The minimum atomic E-state index is -1.44. The highest BCUT2D eigenvalue weighted by Gasteiger charge is 2.39. The molecule has 1 aromatic carbocycles. The first-order valence-corrected chi connectivity index (χ1v) is 5.80. The lowest BCUT2D eigenvalue weighted by molar-refractivity contribution is 0.334. The zero-order valence-electron chi connectivity index (χ0n) is 9.54. The maximum atomic E-state index is 13.2. The molecule has 0 saturated heterocycles. The molecular formula is C12H12F3N3. The summed E-state index contributed by atoms with van der Waals surface area (Å²) in [5.74, 6) is -3.39. The van der Waals surface area contributed by atoms with E-state index in [1.54, 1.807) is 0 Å². The third kappa shape index (κ3) is 1.72. The standard InChI is InChI=1S/C12H12F3N3/c13-8-3-6(4-9(14)11(8)15)10-5-17-12(16)18(10)7-1-2-7/h3-4,7,10H,1-2,5H2,(H2,16,17). The van der Waals surface area contributed by atoms with E-state index < -0.39 is 17.5 Å². The highest BCUT2D eigenvalue weighted by molar-refractivity contribution is 5.81. The van der Waals surface area contributed by atoms with Gasteiger partial charge in [-0.25, -0.2) is 13.2 Å². The van der Waals surface area contributed by atoms with Crippen molar-refractivity contribution in [1.82, 2.24) is 4.90 Å². The third-order valence-electron chi connectivity index (χ3n) is 3.36. The number of guanidine groups is 1. The molecule has 2 N–H and O–H groups in total. The van der Waals surface area contributed by atoms with Crippen molar-refractivity contribution in [2.24, 2.45) is 10.7 Å². The van der Waals surface area contributed by atoms with Crippen LogP contribution in [0.4, 0.5) is 13.2 Å². The molecule has 1 heterocycles. The van der Waals surface area contributed by atoms with Crippen LogP contribution in [0.3, 0.4) is 0 Å². The van der Waals surface area contributed by atoms with Gasteiger partial charge in [0.1, 0.15) is 0 Å². The number of aliphatic imine (C=N–C) groups is 1. The van der Waals surface area contributed by atoms with E-state index in [9.17, 15) is 13.2 Å². The second kappa shape index (κ2) is 3.90. The molecule has 18 heavy (non-hydrogen) atoms. The van der Waals surface area contributed by atoms with Crippen LogP contribution in [0.1, 0.15) is 24.4 Å². The normalized spacial score (nSPS) is 23.4. The lowest BCUT2D eigenvalue weighted by atomic mass is 10.1. The molecule has 3 rings (SSSR count). The van der Waals surface area contributed by atoms with Crippen LogP contribution in [-0.4, -0.2) is 23.4 Å². The van der Waals surface area contributed by atoms with Gasteiger partial charge in [0.15, 0.2) is 23.4 Å². The first-order valence-electron chi connectivity index (χ1n) is 5.80. The van der Waals surface area contributed by atoms with Gasteiger partial charge in [-0.3, -0.25) is 4.99 Å². The minimum absolute atomic E-state index is 0.289. The number of hydrogen-bond acceptors (Lipinski definition) is 3. The number of nitrogens with two attached hydrogens (primary N) is 1. The van der Waals surface area contributed by atoms with Crippen molar-refractivity contribution >= 4 is 5.96 Å². The van der Waals surface area contributed by atoms with Crippen LogP contribution in [0.2, 0.25) is 0 Å². The molecule has 1 unspecified atom stereocenters. The van der Waals surface area contributed by atoms with Crippen molar-refractivity contribution in [2.45, 2.75) is 24.9 Å². The van der Waals surface area contributed by atoms with Crippen molar-refractivity contribution < 1.29 is 13.2 Å². The maximum Gasteiger partial charge on any atom is 0.194 e. The molecule has 1 saturated carbocycles. The van der Waals surface area contributed by atoms with Crippen LogP contribution < -0.4 is 5.73 Å². The van der Waals surface area contributed by atoms with Gasteiger partial charge in [0.25, 0.3) is 0 Å². The fraction of sp³-hybridized carbons (Fsp3) is 0.417. The average molecular weight is 255 g/mol. The third-order valence-corrected chi connectivity index (χ3v) is 3.36. The molecule has 1 atom stereocenters. The lowest BCUT2D eigenvalue weighted by Crippen LogP contribution is -2.37. The second-order valence-electron chi connectivity index (χ2n) is 4.65. The van der Waals surface area contributed by atoms with E-state index in [2.05, 4.69) is 4.99 Å². The molecular weight excluding hydrogens is 243 g/mol. The Morgan fingerprint density at radius 3 is 2.33 bits per heavy atom. The minimum Gasteiger partial charge on any atom is -0.370 e. The van der Waals surface area contributed by atoms with Gasteiger partial charge in [-0.1, -0.05) is 0 Å². The number of rotatable bonds is 2. The number of hydrogen-bond donors (Lipinski definition) is 1. The van der Waals surface area contributed by atoms with Crippen molar-refractivity contribution in [3.63, 3.8) is 0 Å². The highest BCUT2D eigenvalue weighted by atomic mass is 19.2. The number of benzene rings is 1. The topological polar surface area (TPSA) is 41.6 Å². The van der Waals surface area contributed by atoms with Gasteiger partial charge in [0, 0.05) is 6.04 Å². The molecule has 2 aliphatic rings. The van der Waals surface area contributed by atoms with E-state index in [1.165, 1.54) is 0 Å². The second-order valence-corrected chi connectivity index (χ2v) is 4.65. The Balaban J connectivity index is 1.95. The van der Waals surface area contributed by atoms with Gasteiger partial charge < -0.3 is 10.6 Å². The Kier molecular flexibility index (Phi) is 2.46. The molecule has 0 amide bonds. The molecule has 0 radical (unpaired) electrons. The predicted molar refractivity (Wildman–Crippen MR) is 60.4 cm³/mol. The highest BCUT2D eigenvalue weighted by Crippen LogP contribution is 2.37. The van der Waals surface area contributed by atoms with E-state index >= 15 is 0 Å². The first-order chi connectivity index (χ1) is 8.58. The van der Waals surface area contributed by atoms with E-state index in [-0.39, 0.29) is 12.1 Å². The van der Waals surface area contributed by atoms with Gasteiger partial charge >= 0.3 is 0 Å². The lowest BCUT2D eigenvalue weighted by Gasteiger charge is -2.26. The van der Waals surface area contributed by atoms with Crippen LogP contribution >= 0.6 is 0 Å². The van der Waals surface area contributed by atoms with Crippen molar-refractivity contribution in [3.8, 4) is 0 Å². The molecule has 0 bridgehead atoms. The molecule has 0 aromatic heterocycles. The van der Waals surface area contributed by atoms with Crippen molar-refractivity contribution in [2.75, 3.05) is 6.54 Å². The summed E-state index contributed by atoms with van der Waals surface area (Å²) >= 11 is 0. The summed E-state index contributed by atoms with van der Waals surface area (Å²) in [4.78, 5) is 5.97. The summed E-state index contributed by atoms with van der Waals surface area (Å²) in [6.07, 6.45) is 2.00. The van der Waals surface area contributed by atoms with E-state index in [4.69, 9.17) is 5.73 Å². The zero-order chi connectivity index (χ0) is 12.9. The Morgan fingerprint density at radius 1 is 1.17 bits per heavy atom. The zero-order valence-corrected chi connectivity index (χ0v) is 9.54. The Hall–Kier alpha value is -1.72. The maximum absolute atomic E-state index is 13.2. The summed E-state index contributed by atoms with van der Waals surface area (Å²) in [5.41, 5.74) is 6.15. The predicted octanol–water partition coefficient (Wildman–Crippen LogP) is 1.94. The molecule has 0 spiro atoms. The fourth-order valence-electron chi connectivity index (χ4n) is 2.34. The molecule has 1 fully saturated rings. The van der Waals surface area contributed by atoms with Crippen LogP contribution in [0, 0.1) is 17.5 Å². The molecule has 1 aliphatic heterocycles. The molecule has 96 valence electrons. The van der Waals surface area contributed by atoms with Crippen LogP contribution in [-0.2, 0) is 0 Å². The van der Waals surface area contributed by atoms with Gasteiger partial charge in [-0.05, 0) is 30.5 Å². The number of nitrogens with zero attached hydrogens (tertiary/aromatic N) is 2. The van der Waals surface area contributed by atoms with E-state index in [1.807, 2.05) is 4.90 Å². The van der Waals surface area contributed by atoms with E-state index in [0.29, 0.717) is 18.1 Å². The first kappa shape index (κ1) is 11.4. The van der Waals surface area contributed by atoms with Crippen LogP contribution in [0.15, 0.2) is 17.1 Å². The summed E-state index contributed by atoms with van der Waals surface area (Å²) in [6, 6.07) is 2.04. The van der Waals surface area contributed by atoms with Crippen molar-refractivity contribution in [3.05, 3.63) is 35.1 Å². The SMILES string of the molecule is NC1=NCC(c2cc(F)c(F)c(F)c2)N1C1CC1. The number of halogens is 3. The van der Waals surface area contributed by atoms with Gasteiger partial charge in [0.2, 0.25) is 0 Å². The van der Waals surface area contributed by atoms with Gasteiger partial charge in [-0.2, -0.15) is 0 Å². The molecule has 1 aromatic rings. The summed E-state index contributed by atoms with van der Waals surface area (Å²) in [6.45, 7) is 0.354. The van der Waals surface area contributed by atoms with E-state index in [0.717, 1.165) is 25.0 Å². The molecule has 3 nitrogen and oxygen atoms in total. The molecule has 1 aliphatic carbocycles. The fourth-order valence-corrected chi connectivity index (χ4v) is 2.34. The average Bonchev–Trinajstić information content (AvgIpc) is 3.09. The Bertz CT molecular complexity index is 502. The van der Waals surface area contributed by atoms with Gasteiger partial charge in [-0.15, -0.1) is 0 Å². The van der Waals surface area contributed by atoms with Crippen molar-refractivity contribution in [1.29, 1.82) is 0 Å². The monoisotopic (exact) mass is 255 g/mol. The quantitative estimate of drug-likeness (QED) is 0.820.